The fourth-order valence-corrected chi connectivity index (χ4v) is 1.81. The zero-order valence-corrected chi connectivity index (χ0v) is 12.6. The molecule has 0 aliphatic carbocycles. The van der Waals surface area contributed by atoms with E-state index in [4.69, 9.17) is 4.42 Å². The molecule has 5 nitrogen and oxygen atoms in total. The van der Waals surface area contributed by atoms with E-state index in [0.29, 0.717) is 17.9 Å². The highest BCUT2D eigenvalue weighted by molar-refractivity contribution is 5.94. The lowest BCUT2D eigenvalue weighted by atomic mass is 10.1. The normalized spacial score (nSPS) is 10.6. The first-order chi connectivity index (χ1) is 10.6. The Morgan fingerprint density at radius 3 is 2.50 bits per heavy atom. The number of rotatable bonds is 5. The van der Waals surface area contributed by atoms with Crippen LogP contribution in [0.1, 0.15) is 21.7 Å². The van der Waals surface area contributed by atoms with Gasteiger partial charge in [-0.1, -0.05) is 12.1 Å². The number of carbonyl (C=O) groups is 2. The van der Waals surface area contributed by atoms with Gasteiger partial charge in [-0.3, -0.25) is 9.59 Å². The second kappa shape index (κ2) is 7.26. The molecule has 0 radical (unpaired) electrons. The van der Waals surface area contributed by atoms with Gasteiger partial charge in [-0.2, -0.15) is 0 Å². The maximum absolute atomic E-state index is 11.8. The molecule has 0 fully saturated rings. The summed E-state index contributed by atoms with van der Waals surface area (Å²) in [7, 11) is 3.42. The quantitative estimate of drug-likeness (QED) is 0.862. The molecule has 0 atom stereocenters. The Hall–Kier alpha value is -2.82. The van der Waals surface area contributed by atoms with E-state index in [1.54, 1.807) is 62.8 Å². The highest BCUT2D eigenvalue weighted by Crippen LogP contribution is 2.08. The van der Waals surface area contributed by atoms with Crippen molar-refractivity contribution in [2.45, 2.75) is 6.54 Å². The molecule has 5 heteroatoms. The first kappa shape index (κ1) is 15.6. The van der Waals surface area contributed by atoms with Crippen molar-refractivity contribution < 1.29 is 14.0 Å². The molecule has 0 saturated carbocycles. The Morgan fingerprint density at radius 2 is 1.91 bits per heavy atom. The van der Waals surface area contributed by atoms with Crippen molar-refractivity contribution in [1.29, 1.82) is 0 Å². The molecule has 1 aromatic heterocycles. The van der Waals surface area contributed by atoms with Gasteiger partial charge >= 0.3 is 0 Å². The number of nitrogens with one attached hydrogen (secondary N) is 1. The summed E-state index contributed by atoms with van der Waals surface area (Å²) in [5.41, 5.74) is 1.47. The van der Waals surface area contributed by atoms with Crippen LogP contribution in [-0.2, 0) is 11.3 Å². The van der Waals surface area contributed by atoms with Crippen LogP contribution in [0.3, 0.4) is 0 Å². The third-order valence-electron chi connectivity index (χ3n) is 3.01. The van der Waals surface area contributed by atoms with E-state index in [9.17, 15) is 9.59 Å². The number of furan rings is 1. The van der Waals surface area contributed by atoms with Gasteiger partial charge in [0.1, 0.15) is 5.76 Å². The third kappa shape index (κ3) is 4.34. The lowest BCUT2D eigenvalue weighted by Gasteiger charge is -2.09. The lowest BCUT2D eigenvalue weighted by Crippen LogP contribution is -2.21. The van der Waals surface area contributed by atoms with E-state index in [1.165, 1.54) is 11.0 Å². The van der Waals surface area contributed by atoms with Crippen molar-refractivity contribution in [2.75, 3.05) is 14.1 Å². The average molecular weight is 298 g/mol. The molecule has 2 aromatic rings. The molecule has 2 rings (SSSR count). The standard InChI is InChI=1S/C17H18N2O3/c1-19(2)17(21)14-8-5-13(6-9-14)7-10-16(20)18-12-15-4-3-11-22-15/h3-11H,12H2,1-2H3,(H,18,20)/b10-7+. The van der Waals surface area contributed by atoms with Gasteiger partial charge in [0.2, 0.25) is 5.91 Å². The Labute approximate surface area is 129 Å². The Bertz CT molecular complexity index is 656. The maximum Gasteiger partial charge on any atom is 0.253 e. The van der Waals surface area contributed by atoms with Crippen LogP contribution >= 0.6 is 0 Å². The minimum absolute atomic E-state index is 0.0493. The predicted molar refractivity (Wildman–Crippen MR) is 84.0 cm³/mol. The minimum atomic E-state index is -0.204. The number of hydrogen-bond donors (Lipinski definition) is 1. The van der Waals surface area contributed by atoms with Crippen molar-refractivity contribution in [2.24, 2.45) is 0 Å². The summed E-state index contributed by atoms with van der Waals surface area (Å²) in [6.07, 6.45) is 4.71. The molecule has 22 heavy (non-hydrogen) atoms. The molecule has 0 spiro atoms. The second-order valence-electron chi connectivity index (χ2n) is 4.95. The molecule has 1 aromatic carbocycles. The van der Waals surface area contributed by atoms with Crippen molar-refractivity contribution in [3.63, 3.8) is 0 Å². The second-order valence-corrected chi connectivity index (χ2v) is 4.95. The molecule has 0 aliphatic heterocycles. The van der Waals surface area contributed by atoms with Crippen molar-refractivity contribution in [1.82, 2.24) is 10.2 Å². The van der Waals surface area contributed by atoms with Gasteiger partial charge in [-0.25, -0.2) is 0 Å². The molecule has 0 saturated heterocycles. The van der Waals surface area contributed by atoms with Crippen LogP contribution in [0, 0.1) is 0 Å². The topological polar surface area (TPSA) is 62.6 Å². The molecule has 0 aliphatic rings. The van der Waals surface area contributed by atoms with E-state index in [1.807, 2.05) is 0 Å². The van der Waals surface area contributed by atoms with E-state index in [0.717, 1.165) is 5.56 Å². The molecule has 0 bridgehead atoms. The molecule has 0 unspecified atom stereocenters. The molecule has 2 amide bonds. The van der Waals surface area contributed by atoms with Crippen molar-refractivity contribution in [3.8, 4) is 0 Å². The molecular formula is C17H18N2O3. The fourth-order valence-electron chi connectivity index (χ4n) is 1.81. The van der Waals surface area contributed by atoms with E-state index in [2.05, 4.69) is 5.32 Å². The van der Waals surface area contributed by atoms with Gasteiger partial charge in [0.05, 0.1) is 12.8 Å². The van der Waals surface area contributed by atoms with E-state index >= 15 is 0 Å². The highest BCUT2D eigenvalue weighted by Gasteiger charge is 2.06. The molecule has 1 N–H and O–H groups in total. The SMILES string of the molecule is CN(C)C(=O)c1ccc(/C=C/C(=O)NCc2ccco2)cc1. The van der Waals surface area contributed by atoms with Gasteiger partial charge in [0.25, 0.3) is 5.91 Å². The van der Waals surface area contributed by atoms with Crippen LogP contribution in [0.15, 0.2) is 53.2 Å². The van der Waals surface area contributed by atoms with Gasteiger partial charge in [-0.15, -0.1) is 0 Å². The summed E-state index contributed by atoms with van der Waals surface area (Å²) < 4.78 is 5.13. The zero-order valence-electron chi connectivity index (χ0n) is 12.6. The number of nitrogens with zero attached hydrogens (tertiary/aromatic N) is 1. The van der Waals surface area contributed by atoms with Crippen LogP contribution in [0.4, 0.5) is 0 Å². The number of benzene rings is 1. The number of hydrogen-bond acceptors (Lipinski definition) is 3. The highest BCUT2D eigenvalue weighted by atomic mass is 16.3. The Morgan fingerprint density at radius 1 is 1.18 bits per heavy atom. The van der Waals surface area contributed by atoms with Gasteiger partial charge in [-0.05, 0) is 35.9 Å². The first-order valence-corrected chi connectivity index (χ1v) is 6.86. The first-order valence-electron chi connectivity index (χ1n) is 6.86. The summed E-state index contributed by atoms with van der Waals surface area (Å²) in [5, 5.41) is 2.72. The Kier molecular flexibility index (Phi) is 5.14. The van der Waals surface area contributed by atoms with Gasteiger partial charge in [0, 0.05) is 25.7 Å². The van der Waals surface area contributed by atoms with Gasteiger partial charge < -0.3 is 14.6 Å². The summed E-state index contributed by atoms with van der Waals surface area (Å²) >= 11 is 0. The Balaban J connectivity index is 1.89. The van der Waals surface area contributed by atoms with E-state index in [-0.39, 0.29) is 11.8 Å². The van der Waals surface area contributed by atoms with Crippen molar-refractivity contribution in [3.05, 3.63) is 65.6 Å². The van der Waals surface area contributed by atoms with Crippen LogP contribution in [0.25, 0.3) is 6.08 Å². The summed E-state index contributed by atoms with van der Waals surface area (Å²) in [6.45, 7) is 0.354. The third-order valence-corrected chi connectivity index (χ3v) is 3.01. The van der Waals surface area contributed by atoms with Crippen LogP contribution in [0.5, 0.6) is 0 Å². The van der Waals surface area contributed by atoms with Crippen molar-refractivity contribution >= 4 is 17.9 Å². The zero-order chi connectivity index (χ0) is 15.9. The van der Waals surface area contributed by atoms with Gasteiger partial charge in [0.15, 0.2) is 0 Å². The molecular weight excluding hydrogens is 280 g/mol. The van der Waals surface area contributed by atoms with Crippen LogP contribution < -0.4 is 5.32 Å². The average Bonchev–Trinajstić information content (AvgIpc) is 3.04. The number of amides is 2. The van der Waals surface area contributed by atoms with Crippen LogP contribution in [-0.4, -0.2) is 30.8 Å². The summed E-state index contributed by atoms with van der Waals surface area (Å²) in [6, 6.07) is 10.6. The summed E-state index contributed by atoms with van der Waals surface area (Å²) in [5.74, 6) is 0.449. The smallest absolute Gasteiger partial charge is 0.253 e. The predicted octanol–water partition coefficient (Wildman–Crippen LogP) is 2.31. The maximum atomic E-state index is 11.8. The summed E-state index contributed by atoms with van der Waals surface area (Å²) in [4.78, 5) is 25.0. The monoisotopic (exact) mass is 298 g/mol. The fraction of sp³-hybridized carbons (Fsp3) is 0.176. The molecule has 1 heterocycles. The van der Waals surface area contributed by atoms with Crippen LogP contribution in [0.2, 0.25) is 0 Å². The van der Waals surface area contributed by atoms with E-state index < -0.39 is 0 Å². The minimum Gasteiger partial charge on any atom is -0.467 e. The molecule has 114 valence electrons. The lowest BCUT2D eigenvalue weighted by molar-refractivity contribution is -0.116. The number of carbonyl (C=O) groups excluding carboxylic acids is 2. The largest absolute Gasteiger partial charge is 0.467 e.